The van der Waals surface area contributed by atoms with Crippen molar-refractivity contribution in [2.75, 3.05) is 6.54 Å². The molecule has 6 nitrogen and oxygen atoms in total. The van der Waals surface area contributed by atoms with Gasteiger partial charge in [0.2, 0.25) is 5.91 Å². The summed E-state index contributed by atoms with van der Waals surface area (Å²) in [5, 5.41) is 11.0. The fraction of sp³-hybridized carbons (Fsp3) is 0.675. The molecule has 0 aliphatic carbocycles. The highest BCUT2D eigenvalue weighted by molar-refractivity contribution is 5.80. The number of allylic oxidation sites excluding steroid dienone is 9. The van der Waals surface area contributed by atoms with Crippen LogP contribution in [0.15, 0.2) is 60.8 Å². The molecule has 0 saturated carbocycles. The number of hydrogen-bond acceptors (Lipinski definition) is 4. The lowest BCUT2D eigenvalue weighted by Gasteiger charge is -2.15. The summed E-state index contributed by atoms with van der Waals surface area (Å²) in [4.78, 5) is 34.6. The molecule has 6 heteroatoms. The Labute approximate surface area is 281 Å². The quantitative estimate of drug-likeness (QED) is 0.0433. The number of unbranched alkanes of at least 4 members (excludes halogenated alkanes) is 13. The Morgan fingerprint density at radius 1 is 0.609 bits per heavy atom. The van der Waals surface area contributed by atoms with Crippen LogP contribution in [0.1, 0.15) is 162 Å². The molecule has 0 radical (unpaired) electrons. The Morgan fingerprint density at radius 3 is 1.74 bits per heavy atom. The van der Waals surface area contributed by atoms with Crippen molar-refractivity contribution in [3.63, 3.8) is 0 Å². The van der Waals surface area contributed by atoms with E-state index in [2.05, 4.69) is 73.8 Å². The molecule has 0 rings (SSSR count). The lowest BCUT2D eigenvalue weighted by Crippen LogP contribution is -2.28. The largest absolute Gasteiger partial charge is 0.480 e. The van der Waals surface area contributed by atoms with Crippen LogP contribution in [0.4, 0.5) is 0 Å². The number of carbonyl (C=O) groups excluding carboxylic acids is 2. The first-order chi connectivity index (χ1) is 22.5. The monoisotopic (exact) mass is 642 g/mol. The van der Waals surface area contributed by atoms with Gasteiger partial charge in [-0.15, -0.1) is 0 Å². The van der Waals surface area contributed by atoms with E-state index in [1.165, 1.54) is 44.9 Å². The van der Waals surface area contributed by atoms with E-state index in [-0.39, 0.29) is 24.5 Å². The summed E-state index contributed by atoms with van der Waals surface area (Å²) in [7, 11) is 0. The molecule has 0 aromatic rings. The van der Waals surface area contributed by atoms with E-state index in [1.54, 1.807) is 0 Å². The second-order valence-corrected chi connectivity index (χ2v) is 12.1. The van der Waals surface area contributed by atoms with E-state index in [0.717, 1.165) is 89.9 Å². The number of carbonyl (C=O) groups is 3. The smallest absolute Gasteiger partial charge is 0.322 e. The molecule has 1 unspecified atom stereocenters. The molecular weight excluding hydrogens is 574 g/mol. The van der Waals surface area contributed by atoms with Crippen LogP contribution in [-0.4, -0.2) is 35.6 Å². The number of carboxylic acids is 1. The fourth-order valence-corrected chi connectivity index (χ4v) is 4.93. The molecule has 0 saturated heterocycles. The van der Waals surface area contributed by atoms with Crippen molar-refractivity contribution in [1.82, 2.24) is 5.32 Å². The second-order valence-electron chi connectivity index (χ2n) is 12.1. The molecular formula is C40H67NO5. The van der Waals surface area contributed by atoms with Gasteiger partial charge >= 0.3 is 11.9 Å². The molecule has 0 aliphatic heterocycles. The first-order valence-corrected chi connectivity index (χ1v) is 18.4. The van der Waals surface area contributed by atoms with Gasteiger partial charge in [0.25, 0.3) is 0 Å². The van der Waals surface area contributed by atoms with Crippen LogP contribution in [0.2, 0.25) is 0 Å². The number of aliphatic carboxylic acids is 1. The minimum atomic E-state index is -1.03. The summed E-state index contributed by atoms with van der Waals surface area (Å²) < 4.78 is 5.81. The van der Waals surface area contributed by atoms with Crippen LogP contribution >= 0.6 is 0 Å². The topological polar surface area (TPSA) is 92.7 Å². The molecule has 0 aromatic carbocycles. The van der Waals surface area contributed by atoms with Crippen LogP contribution in [0.5, 0.6) is 0 Å². The Balaban J connectivity index is 3.88. The van der Waals surface area contributed by atoms with E-state index >= 15 is 0 Å². The van der Waals surface area contributed by atoms with Crippen molar-refractivity contribution in [3.05, 3.63) is 60.8 Å². The maximum Gasteiger partial charge on any atom is 0.322 e. The third kappa shape index (κ3) is 34.0. The molecule has 2 N–H and O–H groups in total. The van der Waals surface area contributed by atoms with Gasteiger partial charge in [-0.1, -0.05) is 133 Å². The van der Waals surface area contributed by atoms with Crippen LogP contribution in [0.25, 0.3) is 0 Å². The third-order valence-corrected chi connectivity index (χ3v) is 7.66. The molecule has 1 atom stereocenters. The second kappa shape index (κ2) is 35.0. The van der Waals surface area contributed by atoms with E-state index in [0.29, 0.717) is 12.8 Å². The van der Waals surface area contributed by atoms with Crippen molar-refractivity contribution in [2.45, 2.75) is 168 Å². The molecule has 0 heterocycles. The van der Waals surface area contributed by atoms with Gasteiger partial charge in [-0.3, -0.25) is 14.4 Å². The zero-order valence-electron chi connectivity index (χ0n) is 29.4. The van der Waals surface area contributed by atoms with Crippen molar-refractivity contribution < 1.29 is 24.2 Å². The van der Waals surface area contributed by atoms with Gasteiger partial charge in [0.1, 0.15) is 12.6 Å². The number of nitrogens with one attached hydrogen (secondary N) is 1. The number of hydrogen-bond donors (Lipinski definition) is 2. The van der Waals surface area contributed by atoms with Gasteiger partial charge in [0.05, 0.1) is 0 Å². The average Bonchev–Trinajstić information content (AvgIpc) is 3.04. The van der Waals surface area contributed by atoms with Crippen LogP contribution < -0.4 is 5.32 Å². The molecule has 0 aliphatic rings. The molecule has 0 fully saturated rings. The minimum absolute atomic E-state index is 0.101. The lowest BCUT2D eigenvalue weighted by atomic mass is 10.1. The van der Waals surface area contributed by atoms with Gasteiger partial charge in [0, 0.05) is 12.8 Å². The summed E-state index contributed by atoms with van der Waals surface area (Å²) >= 11 is 0. The standard InChI is InChI=1S/C40H67NO5/c1-3-5-7-9-10-11-12-13-14-15-16-17-18-19-20-21-22-23-24-25-31-35-40(45)46-37(32-28-8-6-4-2)33-29-26-27-30-34-38(42)41-36-39(43)44/h5,7,10-11,13-14,16-17,28,32,37H,3-4,6,8-9,12,15,18-27,29-31,33-36H2,1-2H3,(H,41,42)(H,43,44)/b7-5-,11-10-,14-13-,17-16-,32-28-. The summed E-state index contributed by atoms with van der Waals surface area (Å²) in [6, 6.07) is 0. The fourth-order valence-electron chi connectivity index (χ4n) is 4.93. The van der Waals surface area contributed by atoms with Gasteiger partial charge in [-0.25, -0.2) is 0 Å². The van der Waals surface area contributed by atoms with Crippen molar-refractivity contribution in [2.24, 2.45) is 0 Å². The lowest BCUT2D eigenvalue weighted by molar-refractivity contribution is -0.147. The molecule has 262 valence electrons. The highest BCUT2D eigenvalue weighted by Crippen LogP contribution is 2.15. The van der Waals surface area contributed by atoms with Gasteiger partial charge in [-0.05, 0) is 76.7 Å². The van der Waals surface area contributed by atoms with Crippen molar-refractivity contribution in [3.8, 4) is 0 Å². The Morgan fingerprint density at radius 2 is 1.13 bits per heavy atom. The summed E-state index contributed by atoms with van der Waals surface area (Å²) in [5.41, 5.74) is 0. The third-order valence-electron chi connectivity index (χ3n) is 7.66. The van der Waals surface area contributed by atoms with E-state index in [9.17, 15) is 14.4 Å². The van der Waals surface area contributed by atoms with Crippen LogP contribution in [0.3, 0.4) is 0 Å². The maximum atomic E-state index is 12.5. The summed E-state index contributed by atoms with van der Waals surface area (Å²) in [6.07, 6.45) is 45.2. The van der Waals surface area contributed by atoms with Gasteiger partial charge in [0.15, 0.2) is 0 Å². The van der Waals surface area contributed by atoms with E-state index in [1.807, 2.05) is 6.08 Å². The van der Waals surface area contributed by atoms with E-state index < -0.39 is 5.97 Å². The minimum Gasteiger partial charge on any atom is -0.480 e. The van der Waals surface area contributed by atoms with Crippen molar-refractivity contribution >= 4 is 17.8 Å². The first-order valence-electron chi connectivity index (χ1n) is 18.4. The predicted molar refractivity (Wildman–Crippen MR) is 194 cm³/mol. The van der Waals surface area contributed by atoms with Gasteiger partial charge < -0.3 is 15.2 Å². The summed E-state index contributed by atoms with van der Waals surface area (Å²) in [5.74, 6) is -1.35. The number of carboxylic acid groups (broad SMARTS) is 1. The average molecular weight is 642 g/mol. The van der Waals surface area contributed by atoms with E-state index in [4.69, 9.17) is 9.84 Å². The molecule has 0 bridgehead atoms. The SMILES string of the molecule is CC/C=C\C/C=C\C/C=C\C/C=C\CCCCCCCCCCC(=O)OC(/C=C\CCCC)CCCCCCC(=O)NCC(=O)O. The van der Waals surface area contributed by atoms with Crippen LogP contribution in [-0.2, 0) is 19.1 Å². The number of ether oxygens (including phenoxy) is 1. The molecule has 0 spiro atoms. The molecule has 0 aromatic heterocycles. The Bertz CT molecular complexity index is 886. The molecule has 46 heavy (non-hydrogen) atoms. The van der Waals surface area contributed by atoms with Gasteiger partial charge in [-0.2, -0.15) is 0 Å². The maximum absolute atomic E-state index is 12.5. The van der Waals surface area contributed by atoms with Crippen LogP contribution in [0, 0.1) is 0 Å². The highest BCUT2D eigenvalue weighted by atomic mass is 16.5. The number of amides is 1. The zero-order valence-corrected chi connectivity index (χ0v) is 29.4. The highest BCUT2D eigenvalue weighted by Gasteiger charge is 2.12. The number of rotatable bonds is 32. The Kier molecular flexibility index (Phi) is 32.8. The summed E-state index contributed by atoms with van der Waals surface area (Å²) in [6.45, 7) is 4.00. The molecule has 1 amide bonds. The predicted octanol–water partition coefficient (Wildman–Crippen LogP) is 10.9. The normalized spacial score (nSPS) is 12.7. The zero-order chi connectivity index (χ0) is 33.8. The Hall–Kier alpha value is -2.89. The number of esters is 1. The van der Waals surface area contributed by atoms with Crippen molar-refractivity contribution in [1.29, 1.82) is 0 Å². The first kappa shape index (κ1) is 43.1.